The van der Waals surface area contributed by atoms with Gasteiger partial charge in [0, 0.05) is 31.4 Å². The van der Waals surface area contributed by atoms with Crippen LogP contribution in [0.15, 0.2) is 30.3 Å². The number of nitrogens with zero attached hydrogens (tertiary/aromatic N) is 1. The molecule has 1 fully saturated rings. The molecule has 5 nitrogen and oxygen atoms in total. The number of aliphatic hydroxyl groups excluding tert-OH is 1. The van der Waals surface area contributed by atoms with Gasteiger partial charge in [-0.15, -0.1) is 0 Å². The van der Waals surface area contributed by atoms with E-state index in [4.69, 9.17) is 0 Å². The summed E-state index contributed by atoms with van der Waals surface area (Å²) in [5, 5.41) is 15.6. The maximum Gasteiger partial charge on any atom is 0.315 e. The number of aliphatic hydroxyl groups is 1. The number of carbonyl (C=O) groups excluding carboxylic acids is 1. The lowest BCUT2D eigenvalue weighted by Gasteiger charge is -2.20. The van der Waals surface area contributed by atoms with Crippen molar-refractivity contribution in [3.05, 3.63) is 30.3 Å². The van der Waals surface area contributed by atoms with E-state index in [9.17, 15) is 9.90 Å². The molecule has 22 heavy (non-hydrogen) atoms. The van der Waals surface area contributed by atoms with E-state index in [-0.39, 0.29) is 18.0 Å². The van der Waals surface area contributed by atoms with Crippen molar-refractivity contribution in [3.8, 4) is 0 Å². The van der Waals surface area contributed by atoms with Gasteiger partial charge in [-0.1, -0.05) is 38.5 Å². The maximum absolute atomic E-state index is 11.9. The van der Waals surface area contributed by atoms with Crippen molar-refractivity contribution in [1.82, 2.24) is 10.6 Å². The number of anilines is 1. The van der Waals surface area contributed by atoms with Crippen LogP contribution >= 0.6 is 0 Å². The molecule has 122 valence electrons. The highest BCUT2D eigenvalue weighted by Crippen LogP contribution is 2.19. The van der Waals surface area contributed by atoms with Gasteiger partial charge in [-0.2, -0.15) is 0 Å². The molecule has 0 aromatic heterocycles. The van der Waals surface area contributed by atoms with Gasteiger partial charge in [-0.25, -0.2) is 4.79 Å². The van der Waals surface area contributed by atoms with Crippen LogP contribution in [-0.4, -0.2) is 42.9 Å². The van der Waals surface area contributed by atoms with Crippen LogP contribution in [0, 0.1) is 5.92 Å². The number of hydrogen-bond donors (Lipinski definition) is 3. The van der Waals surface area contributed by atoms with E-state index in [0.29, 0.717) is 6.54 Å². The molecule has 0 radical (unpaired) electrons. The molecule has 1 aliphatic rings. The lowest BCUT2D eigenvalue weighted by atomic mass is 10.0. The fraction of sp³-hybridized carbons (Fsp3) is 0.588. The quantitative estimate of drug-likeness (QED) is 0.753. The van der Waals surface area contributed by atoms with Crippen LogP contribution in [0.1, 0.15) is 26.7 Å². The molecule has 0 saturated carbocycles. The van der Waals surface area contributed by atoms with Crippen LogP contribution in [-0.2, 0) is 0 Å². The Labute approximate surface area is 132 Å². The van der Waals surface area contributed by atoms with Gasteiger partial charge in [0.2, 0.25) is 0 Å². The SMILES string of the molecule is CCC(C)C(O)CNC(=O)NC1CCN(c2ccccc2)C1. The molecular weight excluding hydrogens is 278 g/mol. The Balaban J connectivity index is 1.72. The molecule has 1 heterocycles. The third kappa shape index (κ3) is 4.63. The summed E-state index contributed by atoms with van der Waals surface area (Å²) >= 11 is 0. The first-order valence-electron chi connectivity index (χ1n) is 8.12. The molecule has 0 aliphatic carbocycles. The summed E-state index contributed by atoms with van der Waals surface area (Å²) < 4.78 is 0. The average Bonchev–Trinajstić information content (AvgIpc) is 3.01. The lowest BCUT2D eigenvalue weighted by molar-refractivity contribution is 0.114. The molecule has 1 aromatic rings. The lowest BCUT2D eigenvalue weighted by Crippen LogP contribution is -2.46. The summed E-state index contributed by atoms with van der Waals surface area (Å²) in [4.78, 5) is 14.2. The minimum absolute atomic E-state index is 0.154. The van der Waals surface area contributed by atoms with Gasteiger partial charge in [-0.3, -0.25) is 0 Å². The normalized spacial score (nSPS) is 20.5. The van der Waals surface area contributed by atoms with Crippen molar-refractivity contribution in [2.24, 2.45) is 5.92 Å². The predicted octanol–water partition coefficient (Wildman–Crippen LogP) is 1.97. The van der Waals surface area contributed by atoms with E-state index in [0.717, 1.165) is 25.9 Å². The number of benzene rings is 1. The molecule has 3 N–H and O–H groups in total. The average molecular weight is 305 g/mol. The topological polar surface area (TPSA) is 64.6 Å². The van der Waals surface area contributed by atoms with E-state index in [1.165, 1.54) is 5.69 Å². The van der Waals surface area contributed by atoms with Gasteiger partial charge in [0.05, 0.1) is 6.10 Å². The number of amides is 2. The van der Waals surface area contributed by atoms with Crippen LogP contribution in [0.3, 0.4) is 0 Å². The third-order valence-corrected chi connectivity index (χ3v) is 4.42. The fourth-order valence-electron chi connectivity index (χ4n) is 2.66. The molecule has 2 amide bonds. The Morgan fingerprint density at radius 2 is 2.14 bits per heavy atom. The molecule has 1 saturated heterocycles. The third-order valence-electron chi connectivity index (χ3n) is 4.42. The van der Waals surface area contributed by atoms with Gasteiger partial charge < -0.3 is 20.6 Å². The van der Waals surface area contributed by atoms with Crippen molar-refractivity contribution in [1.29, 1.82) is 0 Å². The zero-order valence-corrected chi connectivity index (χ0v) is 13.5. The summed E-state index contributed by atoms with van der Waals surface area (Å²) in [6.45, 7) is 6.09. The van der Waals surface area contributed by atoms with Crippen LogP contribution in [0.4, 0.5) is 10.5 Å². The second kappa shape index (κ2) is 8.03. The second-order valence-electron chi connectivity index (χ2n) is 6.07. The van der Waals surface area contributed by atoms with Crippen LogP contribution in [0.5, 0.6) is 0 Å². The van der Waals surface area contributed by atoms with Crippen molar-refractivity contribution < 1.29 is 9.90 Å². The first kappa shape index (κ1) is 16.6. The number of nitrogens with one attached hydrogen (secondary N) is 2. The molecule has 1 aliphatic heterocycles. The summed E-state index contributed by atoms with van der Waals surface area (Å²) in [5.41, 5.74) is 1.19. The smallest absolute Gasteiger partial charge is 0.315 e. The van der Waals surface area contributed by atoms with Gasteiger partial charge in [-0.05, 0) is 24.5 Å². The molecule has 0 spiro atoms. The highest BCUT2D eigenvalue weighted by molar-refractivity contribution is 5.74. The fourth-order valence-corrected chi connectivity index (χ4v) is 2.66. The highest BCUT2D eigenvalue weighted by atomic mass is 16.3. The van der Waals surface area contributed by atoms with E-state index in [2.05, 4.69) is 27.7 Å². The van der Waals surface area contributed by atoms with Crippen molar-refractivity contribution in [2.45, 2.75) is 38.8 Å². The Kier molecular flexibility index (Phi) is 6.07. The summed E-state index contributed by atoms with van der Waals surface area (Å²) in [5.74, 6) is 0.195. The van der Waals surface area contributed by atoms with Crippen LogP contribution in [0.2, 0.25) is 0 Å². The molecular formula is C17H27N3O2. The van der Waals surface area contributed by atoms with E-state index < -0.39 is 6.10 Å². The Bertz CT molecular complexity index is 466. The molecule has 5 heteroatoms. The monoisotopic (exact) mass is 305 g/mol. The second-order valence-corrected chi connectivity index (χ2v) is 6.07. The number of urea groups is 1. The molecule has 1 aromatic carbocycles. The molecule has 3 atom stereocenters. The van der Waals surface area contributed by atoms with Gasteiger partial charge in [0.15, 0.2) is 0 Å². The first-order chi connectivity index (χ1) is 10.6. The van der Waals surface area contributed by atoms with Crippen LogP contribution in [0.25, 0.3) is 0 Å². The molecule has 3 unspecified atom stereocenters. The summed E-state index contributed by atoms with van der Waals surface area (Å²) in [7, 11) is 0. The van der Waals surface area contributed by atoms with Gasteiger partial charge in [0.1, 0.15) is 0 Å². The van der Waals surface area contributed by atoms with E-state index in [1.807, 2.05) is 32.0 Å². The molecule has 0 bridgehead atoms. The summed E-state index contributed by atoms with van der Waals surface area (Å²) in [6.07, 6.45) is 1.36. The van der Waals surface area contributed by atoms with E-state index in [1.54, 1.807) is 0 Å². The van der Waals surface area contributed by atoms with Crippen molar-refractivity contribution in [3.63, 3.8) is 0 Å². The number of rotatable bonds is 6. The number of para-hydroxylation sites is 1. The zero-order valence-electron chi connectivity index (χ0n) is 13.5. The molecule has 2 rings (SSSR count). The zero-order chi connectivity index (χ0) is 15.9. The Morgan fingerprint density at radius 3 is 2.82 bits per heavy atom. The van der Waals surface area contributed by atoms with Crippen molar-refractivity contribution >= 4 is 11.7 Å². The standard InChI is InChI=1S/C17H27N3O2/c1-3-13(2)16(21)11-18-17(22)19-14-9-10-20(12-14)15-7-5-4-6-8-15/h4-8,13-14,16,21H,3,9-12H2,1-2H3,(H2,18,19,22). The van der Waals surface area contributed by atoms with Gasteiger partial charge in [0.25, 0.3) is 0 Å². The Hall–Kier alpha value is -1.75. The largest absolute Gasteiger partial charge is 0.391 e. The highest BCUT2D eigenvalue weighted by Gasteiger charge is 2.24. The van der Waals surface area contributed by atoms with Gasteiger partial charge >= 0.3 is 6.03 Å². The predicted molar refractivity (Wildman–Crippen MR) is 89.1 cm³/mol. The first-order valence-corrected chi connectivity index (χ1v) is 8.12. The summed E-state index contributed by atoms with van der Waals surface area (Å²) in [6, 6.07) is 10.2. The van der Waals surface area contributed by atoms with E-state index >= 15 is 0 Å². The van der Waals surface area contributed by atoms with Crippen molar-refractivity contribution in [2.75, 3.05) is 24.5 Å². The minimum Gasteiger partial charge on any atom is -0.391 e. The Morgan fingerprint density at radius 1 is 1.41 bits per heavy atom. The number of carbonyl (C=O) groups is 1. The number of hydrogen-bond acceptors (Lipinski definition) is 3. The maximum atomic E-state index is 11.9. The minimum atomic E-state index is -0.486. The van der Waals surface area contributed by atoms with Crippen LogP contribution < -0.4 is 15.5 Å².